The van der Waals surface area contributed by atoms with Crippen LogP contribution in [0, 0.1) is 0 Å². The summed E-state index contributed by atoms with van der Waals surface area (Å²) in [6.45, 7) is 2.51. The number of anilines is 1. The van der Waals surface area contributed by atoms with Crippen LogP contribution in [0.3, 0.4) is 0 Å². The van der Waals surface area contributed by atoms with Gasteiger partial charge in [-0.3, -0.25) is 14.4 Å². The summed E-state index contributed by atoms with van der Waals surface area (Å²) in [7, 11) is 3.29. The number of likely N-dealkylation sites (N-methyl/N-ethyl adjacent to an activating group) is 1. The molecular weight excluding hydrogens is 358 g/mol. The van der Waals surface area contributed by atoms with Gasteiger partial charge < -0.3 is 20.3 Å². The van der Waals surface area contributed by atoms with Crippen molar-refractivity contribution in [1.29, 1.82) is 0 Å². The molecule has 2 N–H and O–H groups in total. The number of benzene rings is 2. The molecule has 7 nitrogen and oxygen atoms in total. The fraction of sp³-hybridized carbons (Fsp3) is 0.286. The molecule has 0 aliphatic rings. The van der Waals surface area contributed by atoms with Gasteiger partial charge in [-0.25, -0.2) is 0 Å². The SMILES string of the molecule is CCCNC(=O)c1ccc(NC(=O)c2cccc(OCC(=O)N(C)C)c2)cc1. The second kappa shape index (κ2) is 10.1. The van der Waals surface area contributed by atoms with Crippen molar-refractivity contribution < 1.29 is 19.1 Å². The predicted octanol–water partition coefficient (Wildman–Crippen LogP) is 2.55. The first kappa shape index (κ1) is 21.0. The van der Waals surface area contributed by atoms with E-state index in [-0.39, 0.29) is 24.3 Å². The van der Waals surface area contributed by atoms with Gasteiger partial charge in [0.25, 0.3) is 17.7 Å². The van der Waals surface area contributed by atoms with Gasteiger partial charge in [0.2, 0.25) is 0 Å². The molecule has 3 amide bonds. The van der Waals surface area contributed by atoms with E-state index in [0.29, 0.717) is 29.1 Å². The Morgan fingerprint density at radius 1 is 0.964 bits per heavy atom. The van der Waals surface area contributed by atoms with E-state index in [1.807, 2.05) is 6.92 Å². The summed E-state index contributed by atoms with van der Waals surface area (Å²) in [6, 6.07) is 13.3. The molecule has 0 aliphatic heterocycles. The summed E-state index contributed by atoms with van der Waals surface area (Å²) < 4.78 is 5.43. The molecule has 7 heteroatoms. The second-order valence-electron chi connectivity index (χ2n) is 6.39. The largest absolute Gasteiger partial charge is 0.484 e. The third kappa shape index (κ3) is 6.12. The topological polar surface area (TPSA) is 87.7 Å². The molecule has 0 fully saturated rings. The number of carbonyl (C=O) groups excluding carboxylic acids is 3. The molecule has 0 aliphatic carbocycles. The lowest BCUT2D eigenvalue weighted by Crippen LogP contribution is -2.27. The zero-order valence-electron chi connectivity index (χ0n) is 16.3. The normalized spacial score (nSPS) is 10.1. The van der Waals surface area contributed by atoms with Gasteiger partial charge in [0, 0.05) is 37.5 Å². The third-order valence-electron chi connectivity index (χ3n) is 3.90. The zero-order chi connectivity index (χ0) is 20.5. The Hall–Kier alpha value is -3.35. The van der Waals surface area contributed by atoms with E-state index >= 15 is 0 Å². The molecule has 0 unspecified atom stereocenters. The average Bonchev–Trinajstić information content (AvgIpc) is 2.70. The molecule has 2 aromatic rings. The van der Waals surface area contributed by atoms with Crippen LogP contribution in [0.4, 0.5) is 5.69 Å². The summed E-state index contributed by atoms with van der Waals surface area (Å²) in [5.74, 6) is -0.187. The Morgan fingerprint density at radius 3 is 2.32 bits per heavy atom. The molecule has 0 heterocycles. The van der Waals surface area contributed by atoms with Crippen LogP contribution in [0.1, 0.15) is 34.1 Å². The molecular formula is C21H25N3O4. The Balaban J connectivity index is 1.98. The van der Waals surface area contributed by atoms with Gasteiger partial charge in [-0.05, 0) is 48.9 Å². The minimum atomic E-state index is -0.312. The molecule has 0 saturated heterocycles. The standard InChI is InChI=1S/C21H25N3O4/c1-4-12-22-20(26)15-8-10-17(11-9-15)23-21(27)16-6-5-7-18(13-16)28-14-19(25)24(2)3/h5-11,13H,4,12,14H2,1-3H3,(H,22,26)(H,23,27). The van der Waals surface area contributed by atoms with E-state index in [4.69, 9.17) is 4.74 Å². The first-order valence-corrected chi connectivity index (χ1v) is 9.03. The average molecular weight is 383 g/mol. The van der Waals surface area contributed by atoms with Gasteiger partial charge in [-0.2, -0.15) is 0 Å². The minimum absolute atomic E-state index is 0.0976. The number of rotatable bonds is 8. The Kier molecular flexibility index (Phi) is 7.56. The number of hydrogen-bond acceptors (Lipinski definition) is 4. The van der Waals surface area contributed by atoms with Crippen molar-refractivity contribution in [2.45, 2.75) is 13.3 Å². The summed E-state index contributed by atoms with van der Waals surface area (Å²) in [4.78, 5) is 37.4. The smallest absolute Gasteiger partial charge is 0.259 e. The second-order valence-corrected chi connectivity index (χ2v) is 6.39. The van der Waals surface area contributed by atoms with Crippen LogP contribution in [0.15, 0.2) is 48.5 Å². The maximum Gasteiger partial charge on any atom is 0.259 e. The van der Waals surface area contributed by atoms with Crippen LogP contribution in [-0.2, 0) is 4.79 Å². The summed E-state index contributed by atoms with van der Waals surface area (Å²) in [5.41, 5.74) is 1.51. The van der Waals surface area contributed by atoms with Crippen molar-refractivity contribution in [3.8, 4) is 5.75 Å². The summed E-state index contributed by atoms with van der Waals surface area (Å²) in [5, 5.41) is 5.58. The van der Waals surface area contributed by atoms with Crippen LogP contribution < -0.4 is 15.4 Å². The number of nitrogens with one attached hydrogen (secondary N) is 2. The monoisotopic (exact) mass is 383 g/mol. The first-order chi connectivity index (χ1) is 13.4. The predicted molar refractivity (Wildman–Crippen MR) is 108 cm³/mol. The van der Waals surface area contributed by atoms with Crippen molar-refractivity contribution >= 4 is 23.4 Å². The molecule has 2 rings (SSSR count). The highest BCUT2D eigenvalue weighted by Crippen LogP contribution is 2.16. The van der Waals surface area contributed by atoms with Crippen LogP contribution in [0.25, 0.3) is 0 Å². The van der Waals surface area contributed by atoms with Crippen molar-refractivity contribution in [1.82, 2.24) is 10.2 Å². The number of nitrogens with zero attached hydrogens (tertiary/aromatic N) is 1. The lowest BCUT2D eigenvalue weighted by molar-refractivity contribution is -0.130. The quantitative estimate of drug-likeness (QED) is 0.733. The molecule has 28 heavy (non-hydrogen) atoms. The van der Waals surface area contributed by atoms with Crippen LogP contribution in [0.2, 0.25) is 0 Å². The molecule has 0 bridgehead atoms. The van der Waals surface area contributed by atoms with Crippen molar-refractivity contribution in [3.05, 3.63) is 59.7 Å². The zero-order valence-corrected chi connectivity index (χ0v) is 16.3. The van der Waals surface area contributed by atoms with Gasteiger partial charge >= 0.3 is 0 Å². The van der Waals surface area contributed by atoms with Gasteiger partial charge in [-0.15, -0.1) is 0 Å². The third-order valence-corrected chi connectivity index (χ3v) is 3.90. The maximum atomic E-state index is 12.5. The van der Waals surface area contributed by atoms with Gasteiger partial charge in [0.1, 0.15) is 5.75 Å². The number of ether oxygens (including phenoxy) is 1. The summed E-state index contributed by atoms with van der Waals surface area (Å²) in [6.07, 6.45) is 0.867. The molecule has 0 saturated carbocycles. The Bertz CT molecular complexity index is 832. The maximum absolute atomic E-state index is 12.5. The van der Waals surface area contributed by atoms with E-state index < -0.39 is 0 Å². The van der Waals surface area contributed by atoms with E-state index in [1.165, 1.54) is 4.90 Å². The highest BCUT2D eigenvalue weighted by Gasteiger charge is 2.10. The van der Waals surface area contributed by atoms with E-state index in [1.54, 1.807) is 62.6 Å². The lowest BCUT2D eigenvalue weighted by atomic mass is 10.1. The first-order valence-electron chi connectivity index (χ1n) is 9.03. The fourth-order valence-electron chi connectivity index (χ4n) is 2.25. The highest BCUT2D eigenvalue weighted by molar-refractivity contribution is 6.04. The summed E-state index contributed by atoms with van der Waals surface area (Å²) >= 11 is 0. The van der Waals surface area contributed by atoms with E-state index in [9.17, 15) is 14.4 Å². The van der Waals surface area contributed by atoms with E-state index in [0.717, 1.165) is 6.42 Å². The van der Waals surface area contributed by atoms with Crippen molar-refractivity contribution in [3.63, 3.8) is 0 Å². The molecule has 0 radical (unpaired) electrons. The Morgan fingerprint density at radius 2 is 1.68 bits per heavy atom. The van der Waals surface area contributed by atoms with Crippen LogP contribution in [-0.4, -0.2) is 49.9 Å². The number of hydrogen-bond donors (Lipinski definition) is 2. The lowest BCUT2D eigenvalue weighted by Gasteiger charge is -2.12. The van der Waals surface area contributed by atoms with Gasteiger partial charge in [0.05, 0.1) is 0 Å². The Labute approximate surface area is 164 Å². The molecule has 0 aromatic heterocycles. The fourth-order valence-corrected chi connectivity index (χ4v) is 2.25. The van der Waals surface area contributed by atoms with E-state index in [2.05, 4.69) is 10.6 Å². The number of carbonyl (C=O) groups is 3. The van der Waals surface area contributed by atoms with Crippen molar-refractivity contribution in [2.24, 2.45) is 0 Å². The number of amides is 3. The molecule has 148 valence electrons. The molecule has 0 spiro atoms. The minimum Gasteiger partial charge on any atom is -0.484 e. The van der Waals surface area contributed by atoms with Crippen LogP contribution in [0.5, 0.6) is 5.75 Å². The molecule has 0 atom stereocenters. The van der Waals surface area contributed by atoms with Crippen molar-refractivity contribution in [2.75, 3.05) is 32.6 Å². The van der Waals surface area contributed by atoms with Gasteiger partial charge in [0.15, 0.2) is 6.61 Å². The molecule has 2 aromatic carbocycles. The highest BCUT2D eigenvalue weighted by atomic mass is 16.5. The van der Waals surface area contributed by atoms with Crippen LogP contribution >= 0.6 is 0 Å². The van der Waals surface area contributed by atoms with Gasteiger partial charge in [-0.1, -0.05) is 13.0 Å².